The number of aryl methyl sites for hydroxylation is 2. The lowest BCUT2D eigenvalue weighted by atomic mass is 10.0. The summed E-state index contributed by atoms with van der Waals surface area (Å²) in [5.41, 5.74) is 4.12. The van der Waals surface area contributed by atoms with E-state index < -0.39 is 0 Å². The zero-order valence-electron chi connectivity index (χ0n) is 15.4. The van der Waals surface area contributed by atoms with Gasteiger partial charge in [-0.1, -0.05) is 59.9 Å². The highest BCUT2D eigenvalue weighted by molar-refractivity contribution is 7.16. The Morgan fingerprint density at radius 2 is 1.93 bits per heavy atom. The molecule has 0 fully saturated rings. The SMILES string of the molecule is C=CCn1c(=NC(=O)c2cccc3ccccc23)sc2c(C)cc(C)cc21. The number of hydrogen-bond acceptors (Lipinski definition) is 2. The van der Waals surface area contributed by atoms with Crippen LogP contribution < -0.4 is 4.80 Å². The van der Waals surface area contributed by atoms with E-state index in [-0.39, 0.29) is 5.91 Å². The number of fused-ring (bicyclic) bond motifs is 2. The molecular formula is C23H20N2OS. The van der Waals surface area contributed by atoms with Crippen LogP contribution in [0.5, 0.6) is 0 Å². The first-order valence-electron chi connectivity index (χ1n) is 8.87. The summed E-state index contributed by atoms with van der Waals surface area (Å²) >= 11 is 1.56. The van der Waals surface area contributed by atoms with Crippen LogP contribution >= 0.6 is 11.3 Å². The highest BCUT2D eigenvalue weighted by Gasteiger charge is 2.12. The molecule has 0 aliphatic heterocycles. The summed E-state index contributed by atoms with van der Waals surface area (Å²) in [7, 11) is 0. The predicted molar refractivity (Wildman–Crippen MR) is 113 cm³/mol. The van der Waals surface area contributed by atoms with E-state index in [2.05, 4.69) is 42.1 Å². The van der Waals surface area contributed by atoms with Crippen LogP contribution in [-0.4, -0.2) is 10.5 Å². The van der Waals surface area contributed by atoms with Crippen LogP contribution in [0, 0.1) is 13.8 Å². The molecule has 0 unspecified atom stereocenters. The summed E-state index contributed by atoms with van der Waals surface area (Å²) in [6.45, 7) is 8.66. The average Bonchev–Trinajstić information content (AvgIpc) is 2.99. The number of benzene rings is 3. The second-order valence-electron chi connectivity index (χ2n) is 6.66. The maximum atomic E-state index is 13.0. The first kappa shape index (κ1) is 17.4. The molecule has 0 bridgehead atoms. The zero-order chi connectivity index (χ0) is 19.0. The molecule has 3 aromatic carbocycles. The van der Waals surface area contributed by atoms with E-state index in [9.17, 15) is 4.79 Å². The van der Waals surface area contributed by atoms with Crippen molar-refractivity contribution in [3.05, 3.63) is 88.7 Å². The molecule has 1 amide bonds. The number of carbonyl (C=O) groups excluding carboxylic acids is 1. The van der Waals surface area contributed by atoms with Crippen molar-refractivity contribution in [3.8, 4) is 0 Å². The van der Waals surface area contributed by atoms with E-state index >= 15 is 0 Å². The highest BCUT2D eigenvalue weighted by atomic mass is 32.1. The Morgan fingerprint density at radius 3 is 2.74 bits per heavy atom. The summed E-state index contributed by atoms with van der Waals surface area (Å²) in [4.78, 5) is 18.2. The standard InChI is InChI=1S/C23H20N2OS/c1-4-12-25-20-14-15(2)13-16(3)21(20)27-23(25)24-22(26)19-11-7-9-17-8-5-6-10-18(17)19/h4-11,13-14H,1,12H2,2-3H3. The fourth-order valence-electron chi connectivity index (χ4n) is 3.46. The highest BCUT2D eigenvalue weighted by Crippen LogP contribution is 2.24. The minimum absolute atomic E-state index is 0.217. The van der Waals surface area contributed by atoms with Gasteiger partial charge < -0.3 is 4.57 Å². The van der Waals surface area contributed by atoms with Crippen LogP contribution in [0.15, 0.2) is 72.2 Å². The Balaban J connectivity index is 1.94. The van der Waals surface area contributed by atoms with Crippen LogP contribution in [0.2, 0.25) is 0 Å². The lowest BCUT2D eigenvalue weighted by Crippen LogP contribution is -2.16. The van der Waals surface area contributed by atoms with Crippen LogP contribution in [-0.2, 0) is 6.54 Å². The second-order valence-corrected chi connectivity index (χ2v) is 7.64. The molecule has 0 N–H and O–H groups in total. The molecule has 1 heterocycles. The van der Waals surface area contributed by atoms with Crippen molar-refractivity contribution in [2.24, 2.45) is 4.99 Å². The van der Waals surface area contributed by atoms with Crippen LogP contribution in [0.4, 0.5) is 0 Å². The van der Waals surface area contributed by atoms with Crippen LogP contribution in [0.1, 0.15) is 21.5 Å². The van der Waals surface area contributed by atoms with Crippen molar-refractivity contribution in [1.29, 1.82) is 0 Å². The summed E-state index contributed by atoms with van der Waals surface area (Å²) in [6.07, 6.45) is 1.84. The van der Waals surface area contributed by atoms with E-state index in [1.807, 2.05) is 48.5 Å². The summed E-state index contributed by atoms with van der Waals surface area (Å²) in [6, 6.07) is 18.0. The van der Waals surface area contributed by atoms with Gasteiger partial charge in [-0.25, -0.2) is 0 Å². The van der Waals surface area contributed by atoms with Crippen molar-refractivity contribution in [1.82, 2.24) is 4.57 Å². The number of thiazole rings is 1. The van der Waals surface area contributed by atoms with Gasteiger partial charge in [0.15, 0.2) is 4.80 Å². The smallest absolute Gasteiger partial charge is 0.280 e. The van der Waals surface area contributed by atoms with Crippen LogP contribution in [0.25, 0.3) is 21.0 Å². The molecule has 27 heavy (non-hydrogen) atoms. The Kier molecular flexibility index (Phi) is 4.50. The maximum absolute atomic E-state index is 13.0. The molecule has 0 aliphatic rings. The van der Waals surface area contributed by atoms with E-state index in [4.69, 9.17) is 0 Å². The Labute approximate surface area is 161 Å². The second kappa shape index (κ2) is 6.97. The third-order valence-corrected chi connectivity index (χ3v) is 5.87. The van der Waals surface area contributed by atoms with Crippen molar-refractivity contribution in [3.63, 3.8) is 0 Å². The van der Waals surface area contributed by atoms with Gasteiger partial charge >= 0.3 is 0 Å². The van der Waals surface area contributed by atoms with E-state index in [0.717, 1.165) is 21.0 Å². The first-order valence-corrected chi connectivity index (χ1v) is 9.68. The van der Waals surface area contributed by atoms with Gasteiger partial charge in [0, 0.05) is 12.1 Å². The molecule has 4 heteroatoms. The van der Waals surface area contributed by atoms with E-state index in [1.54, 1.807) is 11.3 Å². The predicted octanol–water partition coefficient (Wildman–Crippen LogP) is 5.40. The van der Waals surface area contributed by atoms with Crippen molar-refractivity contribution >= 4 is 38.2 Å². The van der Waals surface area contributed by atoms with Gasteiger partial charge in [0.05, 0.1) is 10.2 Å². The van der Waals surface area contributed by atoms with Crippen LogP contribution in [0.3, 0.4) is 0 Å². The summed E-state index contributed by atoms with van der Waals surface area (Å²) in [5.74, 6) is -0.217. The Morgan fingerprint density at radius 1 is 1.15 bits per heavy atom. The van der Waals surface area contributed by atoms with Gasteiger partial charge in [-0.2, -0.15) is 4.99 Å². The fraction of sp³-hybridized carbons (Fsp3) is 0.130. The van der Waals surface area contributed by atoms with Gasteiger partial charge in [-0.15, -0.1) is 6.58 Å². The third kappa shape index (κ3) is 3.13. The average molecular weight is 372 g/mol. The van der Waals surface area contributed by atoms with Gasteiger partial charge in [0.1, 0.15) is 0 Å². The largest absolute Gasteiger partial charge is 0.312 e. The molecule has 0 saturated heterocycles. The van der Waals surface area contributed by atoms with Gasteiger partial charge in [0.25, 0.3) is 5.91 Å². The quantitative estimate of drug-likeness (QED) is 0.443. The Bertz CT molecular complexity index is 1260. The molecule has 4 aromatic rings. The minimum Gasteiger partial charge on any atom is -0.312 e. The summed E-state index contributed by atoms with van der Waals surface area (Å²) < 4.78 is 3.22. The number of amides is 1. The van der Waals surface area contributed by atoms with E-state index in [0.29, 0.717) is 16.9 Å². The van der Waals surface area contributed by atoms with Gasteiger partial charge in [-0.3, -0.25) is 4.79 Å². The van der Waals surface area contributed by atoms with Gasteiger partial charge in [-0.05, 0) is 47.9 Å². The molecule has 0 spiro atoms. The van der Waals surface area contributed by atoms with E-state index in [1.165, 1.54) is 11.1 Å². The zero-order valence-corrected chi connectivity index (χ0v) is 16.2. The van der Waals surface area contributed by atoms with Crippen molar-refractivity contribution < 1.29 is 4.79 Å². The number of carbonyl (C=O) groups is 1. The topological polar surface area (TPSA) is 34.4 Å². The van der Waals surface area contributed by atoms with Gasteiger partial charge in [0.2, 0.25) is 0 Å². The lowest BCUT2D eigenvalue weighted by Gasteiger charge is -2.04. The monoisotopic (exact) mass is 372 g/mol. The lowest BCUT2D eigenvalue weighted by molar-refractivity contribution is 0.0999. The molecule has 3 nitrogen and oxygen atoms in total. The minimum atomic E-state index is -0.217. The molecule has 4 rings (SSSR count). The molecule has 0 radical (unpaired) electrons. The van der Waals surface area contributed by atoms with Crippen molar-refractivity contribution in [2.45, 2.75) is 20.4 Å². The molecular weight excluding hydrogens is 352 g/mol. The number of aromatic nitrogens is 1. The molecule has 0 aliphatic carbocycles. The first-order chi connectivity index (χ1) is 13.1. The molecule has 1 aromatic heterocycles. The Hall–Kier alpha value is -2.98. The molecule has 0 atom stereocenters. The fourth-order valence-corrected chi connectivity index (χ4v) is 4.55. The molecule has 134 valence electrons. The normalized spacial score (nSPS) is 12.0. The third-order valence-electron chi connectivity index (χ3n) is 4.64. The van der Waals surface area contributed by atoms with Crippen molar-refractivity contribution in [2.75, 3.05) is 0 Å². The maximum Gasteiger partial charge on any atom is 0.280 e. The molecule has 0 saturated carbocycles. The number of hydrogen-bond donors (Lipinski definition) is 0. The number of nitrogens with zero attached hydrogens (tertiary/aromatic N) is 2. The number of allylic oxidation sites excluding steroid dienone is 1. The summed E-state index contributed by atoms with van der Waals surface area (Å²) in [5, 5.41) is 1.97. The number of rotatable bonds is 3.